The third-order valence-corrected chi connectivity index (χ3v) is 3.90. The summed E-state index contributed by atoms with van der Waals surface area (Å²) in [6.07, 6.45) is 2.97. The molecule has 0 atom stereocenters. The van der Waals surface area contributed by atoms with Gasteiger partial charge in [0.15, 0.2) is 0 Å². The predicted molar refractivity (Wildman–Crippen MR) is 94.8 cm³/mol. The maximum atomic E-state index is 11.9. The molecule has 0 unspecified atom stereocenters. The summed E-state index contributed by atoms with van der Waals surface area (Å²) in [5.41, 5.74) is 0.584. The molecular weight excluding hydrogens is 395 g/mol. The topological polar surface area (TPSA) is 67.4 Å². The van der Waals surface area contributed by atoms with Gasteiger partial charge in [-0.15, -0.1) is 0 Å². The molecule has 22 heavy (non-hydrogen) atoms. The van der Waals surface area contributed by atoms with Gasteiger partial charge in [0.05, 0.1) is 12.1 Å². The highest BCUT2D eigenvalue weighted by atomic mass is 127. The molecule has 0 saturated carbocycles. The number of nitrogens with one attached hydrogen (secondary N) is 2. The lowest BCUT2D eigenvalue weighted by Gasteiger charge is -2.08. The normalized spacial score (nSPS) is 10.3. The molecular formula is C16H23IN2O3. The fourth-order valence-corrected chi connectivity index (χ4v) is 2.35. The first-order valence-corrected chi connectivity index (χ1v) is 8.60. The van der Waals surface area contributed by atoms with E-state index in [9.17, 15) is 9.59 Å². The number of unbranched alkanes of at least 4 members (excludes halogenated alkanes) is 1. The maximum absolute atomic E-state index is 11.9. The van der Waals surface area contributed by atoms with Crippen LogP contribution in [0.3, 0.4) is 0 Å². The van der Waals surface area contributed by atoms with Crippen LogP contribution >= 0.6 is 22.6 Å². The lowest BCUT2D eigenvalue weighted by Crippen LogP contribution is -2.37. The number of halogens is 1. The van der Waals surface area contributed by atoms with Crippen LogP contribution < -0.4 is 10.6 Å². The first-order chi connectivity index (χ1) is 10.6. The number of carbonyl (C=O) groups excluding carboxylic acids is 2. The molecule has 0 aliphatic rings. The zero-order valence-corrected chi connectivity index (χ0v) is 15.0. The summed E-state index contributed by atoms with van der Waals surface area (Å²) in [6, 6.07) is 7.26. The summed E-state index contributed by atoms with van der Waals surface area (Å²) in [6.45, 7) is 4.09. The largest absolute Gasteiger partial charge is 0.381 e. The highest BCUT2D eigenvalue weighted by Crippen LogP contribution is 2.10. The number of hydrogen-bond donors (Lipinski definition) is 2. The van der Waals surface area contributed by atoms with E-state index < -0.39 is 0 Å². The van der Waals surface area contributed by atoms with Crippen LogP contribution in [0.5, 0.6) is 0 Å². The first kappa shape index (κ1) is 18.9. The minimum Gasteiger partial charge on any atom is -0.381 e. The van der Waals surface area contributed by atoms with E-state index >= 15 is 0 Å². The third-order valence-electron chi connectivity index (χ3n) is 2.96. The smallest absolute Gasteiger partial charge is 0.252 e. The standard InChI is InChI=1S/C16H23IN2O3/c1-2-3-10-22-11-6-9-18-15(20)12-19-16(21)13-7-4-5-8-14(13)17/h4-5,7-8H,2-3,6,9-12H2,1H3,(H,18,20)(H,19,21). The summed E-state index contributed by atoms with van der Waals surface area (Å²) in [5, 5.41) is 5.38. The molecule has 0 aromatic heterocycles. The SMILES string of the molecule is CCCCOCCCNC(=O)CNC(=O)c1ccccc1I. The number of hydrogen-bond acceptors (Lipinski definition) is 3. The number of carbonyl (C=O) groups is 2. The van der Waals surface area contributed by atoms with Crippen LogP contribution in [0.1, 0.15) is 36.5 Å². The lowest BCUT2D eigenvalue weighted by molar-refractivity contribution is -0.120. The van der Waals surface area contributed by atoms with E-state index in [1.807, 2.05) is 12.1 Å². The highest BCUT2D eigenvalue weighted by molar-refractivity contribution is 14.1. The average Bonchev–Trinajstić information content (AvgIpc) is 2.52. The summed E-state index contributed by atoms with van der Waals surface area (Å²) < 4.78 is 6.27. The molecule has 0 aliphatic heterocycles. The minimum atomic E-state index is -0.233. The van der Waals surface area contributed by atoms with Crippen LogP contribution in [-0.2, 0) is 9.53 Å². The Morgan fingerprint density at radius 1 is 1.14 bits per heavy atom. The molecule has 0 heterocycles. The fraction of sp³-hybridized carbons (Fsp3) is 0.500. The Balaban J connectivity index is 2.13. The van der Waals surface area contributed by atoms with Gasteiger partial charge in [0, 0.05) is 23.3 Å². The van der Waals surface area contributed by atoms with Gasteiger partial charge in [-0.05, 0) is 47.6 Å². The van der Waals surface area contributed by atoms with Crippen LogP contribution in [0.15, 0.2) is 24.3 Å². The van der Waals surface area contributed by atoms with E-state index in [1.165, 1.54) is 0 Å². The van der Waals surface area contributed by atoms with Crippen LogP contribution in [0, 0.1) is 3.57 Å². The Labute approximate surface area is 145 Å². The Kier molecular flexibility index (Phi) is 9.81. The van der Waals surface area contributed by atoms with Crippen LogP contribution in [-0.4, -0.2) is 38.1 Å². The maximum Gasteiger partial charge on any atom is 0.252 e. The summed E-state index contributed by atoms with van der Waals surface area (Å²) in [4.78, 5) is 23.6. The van der Waals surface area contributed by atoms with E-state index in [-0.39, 0.29) is 18.4 Å². The summed E-state index contributed by atoms with van der Waals surface area (Å²) in [7, 11) is 0. The molecule has 122 valence electrons. The van der Waals surface area contributed by atoms with Crippen molar-refractivity contribution in [1.29, 1.82) is 0 Å². The van der Waals surface area contributed by atoms with E-state index in [4.69, 9.17) is 4.74 Å². The Morgan fingerprint density at radius 2 is 1.86 bits per heavy atom. The van der Waals surface area contributed by atoms with Gasteiger partial charge < -0.3 is 15.4 Å². The van der Waals surface area contributed by atoms with Gasteiger partial charge in [-0.1, -0.05) is 25.5 Å². The van der Waals surface area contributed by atoms with E-state index in [1.54, 1.807) is 12.1 Å². The summed E-state index contributed by atoms with van der Waals surface area (Å²) in [5.74, 6) is -0.420. The number of rotatable bonds is 10. The lowest BCUT2D eigenvalue weighted by atomic mass is 10.2. The Bertz CT molecular complexity index is 480. The van der Waals surface area contributed by atoms with Gasteiger partial charge >= 0.3 is 0 Å². The number of ether oxygens (including phenoxy) is 1. The molecule has 6 heteroatoms. The number of benzene rings is 1. The molecule has 1 rings (SSSR count). The molecule has 1 aromatic carbocycles. The average molecular weight is 418 g/mol. The fourth-order valence-electron chi connectivity index (χ4n) is 1.71. The van der Waals surface area contributed by atoms with E-state index in [0.29, 0.717) is 18.7 Å². The van der Waals surface area contributed by atoms with Gasteiger partial charge in [0.2, 0.25) is 5.91 Å². The van der Waals surface area contributed by atoms with Gasteiger partial charge in [-0.25, -0.2) is 0 Å². The molecule has 0 bridgehead atoms. The summed E-state index contributed by atoms with van der Waals surface area (Å²) >= 11 is 2.10. The minimum absolute atomic E-state index is 0.0134. The van der Waals surface area contributed by atoms with Crippen molar-refractivity contribution >= 4 is 34.4 Å². The molecule has 2 N–H and O–H groups in total. The van der Waals surface area contributed by atoms with E-state index in [0.717, 1.165) is 29.4 Å². The number of amides is 2. The first-order valence-electron chi connectivity index (χ1n) is 7.52. The van der Waals surface area contributed by atoms with Gasteiger partial charge in [0.1, 0.15) is 0 Å². The van der Waals surface area contributed by atoms with Crippen molar-refractivity contribution in [1.82, 2.24) is 10.6 Å². The Hall–Kier alpha value is -1.15. The van der Waals surface area contributed by atoms with Crippen molar-refractivity contribution in [3.05, 3.63) is 33.4 Å². The second kappa shape index (κ2) is 11.4. The molecule has 5 nitrogen and oxygen atoms in total. The van der Waals surface area contributed by atoms with Crippen molar-refractivity contribution < 1.29 is 14.3 Å². The van der Waals surface area contributed by atoms with Crippen molar-refractivity contribution in [3.63, 3.8) is 0 Å². The predicted octanol–water partition coefficient (Wildman–Crippen LogP) is 2.34. The zero-order chi connectivity index (χ0) is 16.2. The van der Waals surface area contributed by atoms with Crippen LogP contribution in [0.4, 0.5) is 0 Å². The molecule has 0 fully saturated rings. The molecule has 1 aromatic rings. The third kappa shape index (κ3) is 7.74. The monoisotopic (exact) mass is 418 g/mol. The quantitative estimate of drug-likeness (QED) is 0.453. The van der Waals surface area contributed by atoms with Crippen molar-refractivity contribution in [2.75, 3.05) is 26.3 Å². The molecule has 0 spiro atoms. The van der Waals surface area contributed by atoms with Crippen LogP contribution in [0.25, 0.3) is 0 Å². The van der Waals surface area contributed by atoms with Crippen molar-refractivity contribution in [3.8, 4) is 0 Å². The molecule has 2 amide bonds. The zero-order valence-electron chi connectivity index (χ0n) is 12.9. The van der Waals surface area contributed by atoms with Gasteiger partial charge in [0.25, 0.3) is 5.91 Å². The molecule has 0 aliphatic carbocycles. The van der Waals surface area contributed by atoms with Gasteiger partial charge in [-0.3, -0.25) is 9.59 Å². The Morgan fingerprint density at radius 3 is 2.59 bits per heavy atom. The molecule has 0 saturated heterocycles. The van der Waals surface area contributed by atoms with Crippen molar-refractivity contribution in [2.24, 2.45) is 0 Å². The van der Waals surface area contributed by atoms with Crippen LogP contribution in [0.2, 0.25) is 0 Å². The highest BCUT2D eigenvalue weighted by Gasteiger charge is 2.10. The van der Waals surface area contributed by atoms with Crippen molar-refractivity contribution in [2.45, 2.75) is 26.2 Å². The second-order valence-corrected chi connectivity index (χ2v) is 5.99. The molecule has 0 radical (unpaired) electrons. The van der Waals surface area contributed by atoms with E-state index in [2.05, 4.69) is 40.1 Å². The second-order valence-electron chi connectivity index (χ2n) is 4.83. The van der Waals surface area contributed by atoms with Gasteiger partial charge in [-0.2, -0.15) is 0 Å².